The van der Waals surface area contributed by atoms with Gasteiger partial charge in [0.1, 0.15) is 18.1 Å². The molecule has 33 heavy (non-hydrogen) atoms. The van der Waals surface area contributed by atoms with E-state index in [1.54, 1.807) is 30.3 Å². The highest BCUT2D eigenvalue weighted by molar-refractivity contribution is 7.92. The van der Waals surface area contributed by atoms with E-state index in [4.69, 9.17) is 14.6 Å². The number of rotatable bonds is 12. The van der Waals surface area contributed by atoms with Crippen LogP contribution in [0.2, 0.25) is 25.7 Å². The molecule has 0 fully saturated rings. The zero-order chi connectivity index (χ0) is 24.1. The molecular weight excluding hydrogens is 458 g/mol. The predicted molar refractivity (Wildman–Crippen MR) is 133 cm³/mol. The number of benzene rings is 1. The summed E-state index contributed by atoms with van der Waals surface area (Å²) < 4.78 is 41.9. The first kappa shape index (κ1) is 25.2. The molecule has 0 bridgehead atoms. The molecule has 0 saturated heterocycles. The first-order valence-corrected chi connectivity index (χ1v) is 16.2. The Bertz CT molecular complexity index is 1170. The van der Waals surface area contributed by atoms with Crippen LogP contribution in [-0.4, -0.2) is 51.0 Å². The van der Waals surface area contributed by atoms with E-state index in [1.807, 2.05) is 23.8 Å². The van der Waals surface area contributed by atoms with E-state index in [-0.39, 0.29) is 29.7 Å². The minimum absolute atomic E-state index is 0.0338. The van der Waals surface area contributed by atoms with Crippen molar-refractivity contribution >= 4 is 34.8 Å². The molecule has 0 saturated carbocycles. The number of ether oxygens (including phenoxy) is 2. The molecule has 2 heterocycles. The summed E-state index contributed by atoms with van der Waals surface area (Å²) in [5.74, 6) is 0.161. The van der Waals surface area contributed by atoms with E-state index >= 15 is 0 Å². The highest BCUT2D eigenvalue weighted by atomic mass is 32.2. The number of hydrogen-bond acceptors (Lipinski definition) is 6. The van der Waals surface area contributed by atoms with Crippen molar-refractivity contribution in [2.75, 3.05) is 24.5 Å². The second-order valence-corrected chi connectivity index (χ2v) is 16.5. The van der Waals surface area contributed by atoms with Gasteiger partial charge in [0.25, 0.3) is 10.0 Å². The molecule has 0 spiro atoms. The lowest BCUT2D eigenvalue weighted by Gasteiger charge is -2.16. The Morgan fingerprint density at radius 3 is 2.52 bits per heavy atom. The normalized spacial score (nSPS) is 12.3. The van der Waals surface area contributed by atoms with Gasteiger partial charge in [0.2, 0.25) is 5.88 Å². The monoisotopic (exact) mass is 491 g/mol. The van der Waals surface area contributed by atoms with Crippen molar-refractivity contribution in [2.45, 2.75) is 50.7 Å². The highest BCUT2D eigenvalue weighted by Gasteiger charge is 2.19. The van der Waals surface area contributed by atoms with Crippen LogP contribution in [0.15, 0.2) is 47.5 Å². The molecule has 10 heteroatoms. The molecule has 0 amide bonds. The molecule has 0 atom stereocenters. The maximum absolute atomic E-state index is 12.9. The molecule has 3 aromatic rings. The molecule has 8 nitrogen and oxygen atoms in total. The van der Waals surface area contributed by atoms with Crippen LogP contribution in [0.5, 0.6) is 5.88 Å². The number of nitrogens with one attached hydrogen (secondary N) is 1. The van der Waals surface area contributed by atoms with Crippen LogP contribution in [0.25, 0.3) is 11.0 Å². The third-order valence-electron chi connectivity index (χ3n) is 5.05. The molecule has 2 N–H and O–H groups in total. The lowest BCUT2D eigenvalue weighted by atomic mass is 10.2. The van der Waals surface area contributed by atoms with Crippen LogP contribution in [0.1, 0.15) is 12.0 Å². The molecule has 0 unspecified atom stereocenters. The summed E-state index contributed by atoms with van der Waals surface area (Å²) in [4.78, 5) is 4.74. The molecule has 0 aliphatic carbocycles. The molecule has 180 valence electrons. The summed E-state index contributed by atoms with van der Waals surface area (Å²) in [7, 11) is -5.00. The smallest absolute Gasteiger partial charge is 0.262 e. The Labute approximate surface area is 196 Å². The minimum Gasteiger partial charge on any atom is -0.476 e. The molecule has 1 aromatic carbocycles. The van der Waals surface area contributed by atoms with Crippen LogP contribution < -0.4 is 9.46 Å². The Morgan fingerprint density at radius 2 is 1.85 bits per heavy atom. The maximum Gasteiger partial charge on any atom is 0.262 e. The van der Waals surface area contributed by atoms with Crippen LogP contribution in [0, 0.1) is 6.92 Å². The second-order valence-electron chi connectivity index (χ2n) is 9.23. The summed E-state index contributed by atoms with van der Waals surface area (Å²) in [5, 5.41) is 9.87. The van der Waals surface area contributed by atoms with Crippen LogP contribution in [-0.2, 0) is 21.5 Å². The number of pyridine rings is 1. The van der Waals surface area contributed by atoms with Crippen molar-refractivity contribution in [3.05, 3.63) is 48.2 Å². The van der Waals surface area contributed by atoms with Gasteiger partial charge in [-0.25, -0.2) is 8.42 Å². The van der Waals surface area contributed by atoms with Gasteiger partial charge >= 0.3 is 0 Å². The standard InChI is InChI=1S/C23H33N3O5SSi/c1-18-6-8-20(9-7-18)32(28,29)25-21-16-19-10-11-26(17-30-14-15-33(2,3)4)22(19)24-23(21)31-13-5-12-27/h6-11,16,25,27H,5,12-15,17H2,1-4H3. The number of fused-ring (bicyclic) bond motifs is 1. The molecular formula is C23H33N3O5SSi. The van der Waals surface area contributed by atoms with Crippen molar-refractivity contribution in [1.29, 1.82) is 0 Å². The van der Waals surface area contributed by atoms with Crippen molar-refractivity contribution in [1.82, 2.24) is 9.55 Å². The molecule has 2 aromatic heterocycles. The first-order valence-electron chi connectivity index (χ1n) is 11.0. The van der Waals surface area contributed by atoms with Crippen LogP contribution in [0.4, 0.5) is 5.69 Å². The van der Waals surface area contributed by atoms with Gasteiger partial charge in [0.05, 0.1) is 11.5 Å². The average molecular weight is 492 g/mol. The van der Waals surface area contributed by atoms with Gasteiger partial charge in [-0.3, -0.25) is 4.72 Å². The first-order chi connectivity index (χ1) is 15.6. The molecule has 0 aliphatic rings. The zero-order valence-electron chi connectivity index (χ0n) is 19.7. The van der Waals surface area contributed by atoms with E-state index in [2.05, 4.69) is 29.3 Å². The van der Waals surface area contributed by atoms with Crippen LogP contribution >= 0.6 is 0 Å². The SMILES string of the molecule is Cc1ccc(S(=O)(=O)Nc2cc3ccn(COCC[Si](C)(C)C)c3nc2OCCCO)cc1. The van der Waals surface area contributed by atoms with Crippen molar-refractivity contribution in [3.8, 4) is 5.88 Å². The third kappa shape index (κ3) is 7.04. The summed E-state index contributed by atoms with van der Waals surface area (Å²) in [6.45, 7) is 10.0. The Balaban J connectivity index is 1.87. The lowest BCUT2D eigenvalue weighted by Crippen LogP contribution is -2.22. The zero-order valence-corrected chi connectivity index (χ0v) is 21.5. The van der Waals surface area contributed by atoms with Gasteiger partial charge in [-0.2, -0.15) is 4.98 Å². The van der Waals surface area contributed by atoms with E-state index in [9.17, 15) is 8.42 Å². The summed E-state index contributed by atoms with van der Waals surface area (Å²) >= 11 is 0. The number of aromatic nitrogens is 2. The van der Waals surface area contributed by atoms with E-state index < -0.39 is 18.1 Å². The average Bonchev–Trinajstić information content (AvgIpc) is 3.12. The quantitative estimate of drug-likeness (QED) is 0.290. The van der Waals surface area contributed by atoms with Gasteiger partial charge in [-0.05, 0) is 37.2 Å². The predicted octanol–water partition coefficient (Wildman–Crippen LogP) is 4.22. The number of sulfonamides is 1. The minimum atomic E-state index is -3.82. The second kappa shape index (κ2) is 10.7. The summed E-state index contributed by atoms with van der Waals surface area (Å²) in [5.41, 5.74) is 1.86. The molecule has 3 rings (SSSR count). The summed E-state index contributed by atoms with van der Waals surface area (Å²) in [6, 6.07) is 11.3. The van der Waals surface area contributed by atoms with Crippen LogP contribution in [0.3, 0.4) is 0 Å². The number of aryl methyl sites for hydroxylation is 1. The number of nitrogens with zero attached hydrogens (tertiary/aromatic N) is 2. The maximum atomic E-state index is 12.9. The van der Waals surface area contributed by atoms with Crippen molar-refractivity contribution in [2.24, 2.45) is 0 Å². The number of anilines is 1. The topological polar surface area (TPSA) is 103 Å². The van der Waals surface area contributed by atoms with Gasteiger partial charge < -0.3 is 19.1 Å². The van der Waals surface area contributed by atoms with Crippen molar-refractivity contribution in [3.63, 3.8) is 0 Å². The van der Waals surface area contributed by atoms with Gasteiger partial charge in [-0.15, -0.1) is 0 Å². The number of hydrogen-bond donors (Lipinski definition) is 2. The lowest BCUT2D eigenvalue weighted by molar-refractivity contribution is 0.0898. The molecule has 0 aliphatic heterocycles. The third-order valence-corrected chi connectivity index (χ3v) is 8.13. The number of aliphatic hydroxyl groups is 1. The number of aliphatic hydroxyl groups excluding tert-OH is 1. The molecule has 0 radical (unpaired) electrons. The Hall–Kier alpha value is -2.40. The summed E-state index contributed by atoms with van der Waals surface area (Å²) in [6.07, 6.45) is 2.27. The fourth-order valence-corrected chi connectivity index (χ4v) is 4.88. The van der Waals surface area contributed by atoms with E-state index in [0.29, 0.717) is 25.4 Å². The van der Waals surface area contributed by atoms with Gasteiger partial charge in [0, 0.05) is 39.3 Å². The fourth-order valence-electron chi connectivity index (χ4n) is 3.08. The van der Waals surface area contributed by atoms with Gasteiger partial charge in [-0.1, -0.05) is 37.3 Å². The van der Waals surface area contributed by atoms with Gasteiger partial charge in [0.15, 0.2) is 0 Å². The van der Waals surface area contributed by atoms with Crippen molar-refractivity contribution < 1.29 is 23.0 Å². The fraction of sp³-hybridized carbons (Fsp3) is 0.435. The van der Waals surface area contributed by atoms with E-state index in [1.165, 1.54) is 0 Å². The largest absolute Gasteiger partial charge is 0.476 e. The highest BCUT2D eigenvalue weighted by Crippen LogP contribution is 2.30. The Morgan fingerprint density at radius 1 is 1.12 bits per heavy atom. The Kier molecular flexibility index (Phi) is 8.17. The van der Waals surface area contributed by atoms with E-state index in [0.717, 1.165) is 17.0 Å².